The Hall–Kier alpha value is -2.23. The maximum absolute atomic E-state index is 9.10. The summed E-state index contributed by atoms with van der Waals surface area (Å²) in [7, 11) is 0. The second kappa shape index (κ2) is 6.09. The van der Waals surface area contributed by atoms with Crippen molar-refractivity contribution in [2.45, 2.75) is 23.1 Å². The zero-order valence-electron chi connectivity index (χ0n) is 10.6. The molecule has 0 radical (unpaired) electrons. The average molecular weight is 264 g/mol. The Morgan fingerprint density at radius 1 is 1.00 bits per heavy atom. The minimum absolute atomic E-state index is 0.576. The minimum atomic E-state index is 0.576. The average Bonchev–Trinajstić information content (AvgIpc) is 2.48. The molecular weight excluding hydrogens is 252 g/mol. The zero-order valence-corrected chi connectivity index (χ0v) is 11.4. The third kappa shape index (κ3) is 3.16. The molecule has 2 aromatic rings. The van der Waals surface area contributed by atoms with Crippen LogP contribution in [0.2, 0.25) is 0 Å². The molecule has 0 saturated carbocycles. The molecule has 0 heterocycles. The number of rotatable bonds is 3. The summed E-state index contributed by atoms with van der Waals surface area (Å²) in [5, 5.41) is 18.0. The molecule has 0 N–H and O–H groups in total. The fourth-order valence-corrected chi connectivity index (χ4v) is 2.62. The van der Waals surface area contributed by atoms with E-state index in [1.165, 1.54) is 17.3 Å². The molecule has 0 bridgehead atoms. The van der Waals surface area contributed by atoms with Crippen LogP contribution in [0.3, 0.4) is 0 Å². The molecule has 0 spiro atoms. The maximum Gasteiger partial charge on any atom is 0.100 e. The normalized spacial score (nSPS) is 9.63. The third-order valence-corrected chi connectivity index (χ3v) is 3.86. The van der Waals surface area contributed by atoms with E-state index >= 15 is 0 Å². The molecule has 2 rings (SSSR count). The summed E-state index contributed by atoms with van der Waals surface area (Å²) in [6, 6.07) is 17.6. The van der Waals surface area contributed by atoms with Crippen LogP contribution in [-0.4, -0.2) is 0 Å². The molecule has 2 aromatic carbocycles. The Labute approximate surface area is 117 Å². The lowest BCUT2D eigenvalue weighted by molar-refractivity contribution is 1.13. The molecule has 0 unspecified atom stereocenters. The molecule has 0 atom stereocenters. The SMILES string of the molecule is CCc1ccc(Sc2cc(C#N)ccc2C#N)cc1. The molecule has 92 valence electrons. The molecule has 19 heavy (non-hydrogen) atoms. The lowest BCUT2D eigenvalue weighted by atomic mass is 10.2. The Morgan fingerprint density at radius 2 is 1.74 bits per heavy atom. The van der Waals surface area contributed by atoms with E-state index in [0.29, 0.717) is 11.1 Å². The molecule has 3 heteroatoms. The highest BCUT2D eigenvalue weighted by Crippen LogP contribution is 2.31. The van der Waals surface area contributed by atoms with Crippen molar-refractivity contribution in [2.24, 2.45) is 0 Å². The van der Waals surface area contributed by atoms with E-state index in [2.05, 4.69) is 31.2 Å². The van der Waals surface area contributed by atoms with E-state index in [-0.39, 0.29) is 0 Å². The van der Waals surface area contributed by atoms with Crippen LogP contribution in [0.4, 0.5) is 0 Å². The van der Waals surface area contributed by atoms with Crippen LogP contribution in [0.15, 0.2) is 52.3 Å². The van der Waals surface area contributed by atoms with Crippen molar-refractivity contribution in [3.8, 4) is 12.1 Å². The van der Waals surface area contributed by atoms with Gasteiger partial charge in [-0.1, -0.05) is 30.8 Å². The number of hydrogen-bond donors (Lipinski definition) is 0. The number of nitrogens with zero attached hydrogens (tertiary/aromatic N) is 2. The van der Waals surface area contributed by atoms with Crippen molar-refractivity contribution in [2.75, 3.05) is 0 Å². The molecule has 0 aliphatic carbocycles. The molecule has 0 fully saturated rings. The van der Waals surface area contributed by atoms with Crippen LogP contribution in [0, 0.1) is 22.7 Å². The van der Waals surface area contributed by atoms with Gasteiger partial charge in [-0.05, 0) is 42.3 Å². The summed E-state index contributed by atoms with van der Waals surface area (Å²) >= 11 is 1.51. The summed E-state index contributed by atoms with van der Waals surface area (Å²) < 4.78 is 0. The summed E-state index contributed by atoms with van der Waals surface area (Å²) in [5.74, 6) is 0. The molecule has 2 nitrogen and oxygen atoms in total. The smallest absolute Gasteiger partial charge is 0.100 e. The summed E-state index contributed by atoms with van der Waals surface area (Å²) in [5.41, 5.74) is 2.46. The van der Waals surface area contributed by atoms with Gasteiger partial charge in [0.1, 0.15) is 6.07 Å². The monoisotopic (exact) mass is 264 g/mol. The standard InChI is InChI=1S/C16H12N2S/c1-2-12-4-7-15(8-5-12)19-16-9-13(10-17)3-6-14(16)11-18/h3-9H,2H2,1H3. The van der Waals surface area contributed by atoms with E-state index in [4.69, 9.17) is 10.5 Å². The van der Waals surface area contributed by atoms with Crippen LogP contribution in [-0.2, 0) is 6.42 Å². The van der Waals surface area contributed by atoms with E-state index in [1.54, 1.807) is 18.2 Å². The first kappa shape index (κ1) is 13.2. The first-order valence-corrected chi connectivity index (χ1v) is 6.79. The van der Waals surface area contributed by atoms with Crippen molar-refractivity contribution in [3.05, 3.63) is 59.2 Å². The van der Waals surface area contributed by atoms with Gasteiger partial charge in [-0.2, -0.15) is 10.5 Å². The lowest BCUT2D eigenvalue weighted by Gasteiger charge is -2.05. The van der Waals surface area contributed by atoms with E-state index in [1.807, 2.05) is 12.1 Å². The van der Waals surface area contributed by atoms with Crippen LogP contribution in [0.5, 0.6) is 0 Å². The zero-order chi connectivity index (χ0) is 13.7. The molecule has 0 aliphatic heterocycles. The van der Waals surface area contributed by atoms with Crippen molar-refractivity contribution < 1.29 is 0 Å². The molecule has 0 saturated heterocycles. The van der Waals surface area contributed by atoms with Crippen LogP contribution < -0.4 is 0 Å². The van der Waals surface area contributed by atoms with Gasteiger partial charge in [0.2, 0.25) is 0 Å². The van der Waals surface area contributed by atoms with E-state index in [9.17, 15) is 0 Å². The van der Waals surface area contributed by atoms with Gasteiger partial charge in [0.05, 0.1) is 17.2 Å². The fraction of sp³-hybridized carbons (Fsp3) is 0.125. The number of nitriles is 2. The molecule has 0 aliphatic rings. The van der Waals surface area contributed by atoms with Gasteiger partial charge < -0.3 is 0 Å². The summed E-state index contributed by atoms with van der Waals surface area (Å²) in [6.07, 6.45) is 1.01. The highest BCUT2D eigenvalue weighted by Gasteiger charge is 2.06. The Bertz CT molecular complexity index is 661. The predicted molar refractivity (Wildman–Crippen MR) is 75.8 cm³/mol. The van der Waals surface area contributed by atoms with Crippen molar-refractivity contribution in [1.82, 2.24) is 0 Å². The first-order valence-electron chi connectivity index (χ1n) is 5.98. The largest absolute Gasteiger partial charge is 0.192 e. The summed E-state index contributed by atoms with van der Waals surface area (Å²) in [6.45, 7) is 2.12. The maximum atomic E-state index is 9.10. The van der Waals surface area contributed by atoms with Crippen LogP contribution in [0.1, 0.15) is 23.6 Å². The molecule has 0 amide bonds. The lowest BCUT2D eigenvalue weighted by Crippen LogP contribution is -1.85. The molecule has 0 aromatic heterocycles. The third-order valence-electron chi connectivity index (χ3n) is 2.79. The predicted octanol–water partition coefficient (Wildman–Crippen LogP) is 4.14. The Kier molecular flexibility index (Phi) is 4.23. The van der Waals surface area contributed by atoms with Gasteiger partial charge in [-0.25, -0.2) is 0 Å². The van der Waals surface area contributed by atoms with Crippen molar-refractivity contribution in [3.63, 3.8) is 0 Å². The second-order valence-corrected chi connectivity index (χ2v) is 5.15. The van der Waals surface area contributed by atoms with E-state index < -0.39 is 0 Å². The number of benzene rings is 2. The number of aryl methyl sites for hydroxylation is 1. The van der Waals surface area contributed by atoms with Gasteiger partial charge in [0.25, 0.3) is 0 Å². The Balaban J connectivity index is 2.31. The quantitative estimate of drug-likeness (QED) is 0.837. The Morgan fingerprint density at radius 3 is 2.32 bits per heavy atom. The van der Waals surface area contributed by atoms with Gasteiger partial charge in [-0.3, -0.25) is 0 Å². The molecular formula is C16H12N2S. The fourth-order valence-electron chi connectivity index (χ4n) is 1.69. The van der Waals surface area contributed by atoms with Gasteiger partial charge in [0, 0.05) is 9.79 Å². The summed E-state index contributed by atoms with van der Waals surface area (Å²) in [4.78, 5) is 1.90. The van der Waals surface area contributed by atoms with Crippen LogP contribution in [0.25, 0.3) is 0 Å². The van der Waals surface area contributed by atoms with Crippen LogP contribution >= 0.6 is 11.8 Å². The highest BCUT2D eigenvalue weighted by atomic mass is 32.2. The van der Waals surface area contributed by atoms with Crippen molar-refractivity contribution in [1.29, 1.82) is 10.5 Å². The van der Waals surface area contributed by atoms with Gasteiger partial charge in [0.15, 0.2) is 0 Å². The van der Waals surface area contributed by atoms with Gasteiger partial charge in [-0.15, -0.1) is 0 Å². The first-order chi connectivity index (χ1) is 9.26. The second-order valence-electron chi connectivity index (χ2n) is 4.03. The number of hydrogen-bond acceptors (Lipinski definition) is 3. The van der Waals surface area contributed by atoms with Crippen molar-refractivity contribution >= 4 is 11.8 Å². The topological polar surface area (TPSA) is 47.6 Å². The minimum Gasteiger partial charge on any atom is -0.192 e. The van der Waals surface area contributed by atoms with E-state index in [0.717, 1.165) is 16.2 Å². The highest BCUT2D eigenvalue weighted by molar-refractivity contribution is 7.99. The van der Waals surface area contributed by atoms with Gasteiger partial charge >= 0.3 is 0 Å².